The minimum atomic E-state index is -0.780. The first kappa shape index (κ1) is 26.9. The second-order valence-corrected chi connectivity index (χ2v) is 9.26. The lowest BCUT2D eigenvalue weighted by molar-refractivity contribution is -0.138. The molecular formula is C30H30ClN3O4. The van der Waals surface area contributed by atoms with Crippen LogP contribution in [-0.4, -0.2) is 36.0 Å². The number of nitrogens with one attached hydrogen (secondary N) is 2. The highest BCUT2D eigenvalue weighted by Crippen LogP contribution is 2.37. The lowest BCUT2D eigenvalue weighted by atomic mass is 9.91. The fourth-order valence-corrected chi connectivity index (χ4v) is 4.59. The van der Waals surface area contributed by atoms with Crippen molar-refractivity contribution in [2.45, 2.75) is 32.7 Å². The lowest BCUT2D eigenvalue weighted by Crippen LogP contribution is -2.48. The van der Waals surface area contributed by atoms with Crippen molar-refractivity contribution >= 4 is 40.9 Å². The number of unbranched alkanes of at least 4 members (excludes halogenated alkanes) is 1. The molecule has 3 amide bonds. The van der Waals surface area contributed by atoms with Crippen LogP contribution in [0.1, 0.15) is 54.2 Å². The monoisotopic (exact) mass is 531 g/mol. The third kappa shape index (κ3) is 6.06. The SMILES string of the molecule is CCCCN1C(=O)NC(c2cccc(NC(=O)c3cccc(Cl)c3)c2)C(C(=O)OCC)=C1c1ccccc1. The summed E-state index contributed by atoms with van der Waals surface area (Å²) in [6, 6.07) is 22.0. The summed E-state index contributed by atoms with van der Waals surface area (Å²) in [7, 11) is 0. The molecule has 8 heteroatoms. The van der Waals surface area contributed by atoms with Gasteiger partial charge >= 0.3 is 12.0 Å². The highest BCUT2D eigenvalue weighted by atomic mass is 35.5. The summed E-state index contributed by atoms with van der Waals surface area (Å²) in [5, 5.41) is 6.33. The van der Waals surface area contributed by atoms with E-state index in [-0.39, 0.29) is 18.5 Å². The average Bonchev–Trinajstić information content (AvgIpc) is 2.92. The van der Waals surface area contributed by atoms with E-state index in [1.54, 1.807) is 54.3 Å². The van der Waals surface area contributed by atoms with Gasteiger partial charge in [-0.05, 0) is 54.8 Å². The van der Waals surface area contributed by atoms with Gasteiger partial charge in [0.25, 0.3) is 5.91 Å². The molecule has 0 fully saturated rings. The molecule has 0 saturated carbocycles. The van der Waals surface area contributed by atoms with Crippen molar-refractivity contribution in [1.29, 1.82) is 0 Å². The summed E-state index contributed by atoms with van der Waals surface area (Å²) in [5.74, 6) is -0.833. The Hall–Kier alpha value is -4.10. The first-order valence-corrected chi connectivity index (χ1v) is 13.0. The summed E-state index contributed by atoms with van der Waals surface area (Å²) in [4.78, 5) is 41.3. The fourth-order valence-electron chi connectivity index (χ4n) is 4.40. The molecule has 0 bridgehead atoms. The molecule has 3 aromatic rings. The van der Waals surface area contributed by atoms with Crippen LogP contribution in [0.15, 0.2) is 84.4 Å². The van der Waals surface area contributed by atoms with E-state index in [2.05, 4.69) is 10.6 Å². The Bertz CT molecular complexity index is 1360. The molecule has 1 aliphatic rings. The zero-order chi connectivity index (χ0) is 27.1. The van der Waals surface area contributed by atoms with Crippen LogP contribution in [0.3, 0.4) is 0 Å². The first-order chi connectivity index (χ1) is 18.4. The van der Waals surface area contributed by atoms with Gasteiger partial charge < -0.3 is 15.4 Å². The summed E-state index contributed by atoms with van der Waals surface area (Å²) < 4.78 is 5.48. The van der Waals surface area contributed by atoms with E-state index >= 15 is 0 Å². The smallest absolute Gasteiger partial charge is 0.338 e. The van der Waals surface area contributed by atoms with Crippen LogP contribution in [-0.2, 0) is 9.53 Å². The zero-order valence-electron chi connectivity index (χ0n) is 21.4. The van der Waals surface area contributed by atoms with Gasteiger partial charge in [-0.1, -0.05) is 73.5 Å². The zero-order valence-corrected chi connectivity index (χ0v) is 22.1. The maximum atomic E-state index is 13.4. The molecule has 1 aliphatic heterocycles. The van der Waals surface area contributed by atoms with Gasteiger partial charge in [0, 0.05) is 22.8 Å². The van der Waals surface area contributed by atoms with Crippen LogP contribution in [0, 0.1) is 0 Å². The third-order valence-corrected chi connectivity index (χ3v) is 6.40. The van der Waals surface area contributed by atoms with Gasteiger partial charge in [0.1, 0.15) is 0 Å². The maximum Gasteiger partial charge on any atom is 0.338 e. The van der Waals surface area contributed by atoms with Crippen molar-refractivity contribution in [2.75, 3.05) is 18.5 Å². The quantitative estimate of drug-likeness (QED) is 0.311. The number of halogens is 1. The Morgan fingerprint density at radius 1 is 1.00 bits per heavy atom. The van der Waals surface area contributed by atoms with Crippen LogP contribution in [0.4, 0.5) is 10.5 Å². The number of hydrogen-bond donors (Lipinski definition) is 2. The van der Waals surface area contributed by atoms with Gasteiger partial charge in [0.2, 0.25) is 0 Å². The van der Waals surface area contributed by atoms with Crippen LogP contribution in [0.25, 0.3) is 5.70 Å². The highest BCUT2D eigenvalue weighted by Gasteiger charge is 2.38. The number of anilines is 1. The number of benzene rings is 3. The summed E-state index contributed by atoms with van der Waals surface area (Å²) >= 11 is 6.04. The second kappa shape index (κ2) is 12.4. The second-order valence-electron chi connectivity index (χ2n) is 8.83. The average molecular weight is 532 g/mol. The number of urea groups is 1. The van der Waals surface area contributed by atoms with Crippen LogP contribution < -0.4 is 10.6 Å². The standard InChI is InChI=1S/C30H30ClN3O4/c1-3-5-17-34-27(20-11-7-6-8-12-20)25(29(36)38-4-2)26(33-30(34)37)21-13-10-16-24(19-21)32-28(35)22-14-9-15-23(31)18-22/h6-16,18-19,26H,3-5,17H2,1-2H3,(H,32,35)(H,33,37). The summed E-state index contributed by atoms with van der Waals surface area (Å²) in [6.45, 7) is 4.44. The molecule has 0 spiro atoms. The van der Waals surface area contributed by atoms with Gasteiger partial charge in [-0.25, -0.2) is 9.59 Å². The number of hydrogen-bond acceptors (Lipinski definition) is 4. The van der Waals surface area contributed by atoms with Gasteiger partial charge in [-0.2, -0.15) is 0 Å². The van der Waals surface area contributed by atoms with Gasteiger partial charge in [0.15, 0.2) is 0 Å². The van der Waals surface area contributed by atoms with Crippen molar-refractivity contribution in [3.63, 3.8) is 0 Å². The topological polar surface area (TPSA) is 87.7 Å². The molecule has 196 valence electrons. The molecule has 3 aromatic carbocycles. The third-order valence-electron chi connectivity index (χ3n) is 6.17. The summed E-state index contributed by atoms with van der Waals surface area (Å²) in [5.41, 5.74) is 3.18. The number of nitrogens with zero attached hydrogens (tertiary/aromatic N) is 1. The largest absolute Gasteiger partial charge is 0.463 e. The van der Waals surface area contributed by atoms with E-state index in [1.165, 1.54) is 0 Å². The van der Waals surface area contributed by atoms with E-state index < -0.39 is 12.0 Å². The van der Waals surface area contributed by atoms with Crippen molar-refractivity contribution < 1.29 is 19.1 Å². The van der Waals surface area contributed by atoms with E-state index in [9.17, 15) is 14.4 Å². The Morgan fingerprint density at radius 3 is 2.47 bits per heavy atom. The molecular weight excluding hydrogens is 502 g/mol. The van der Waals surface area contributed by atoms with E-state index in [4.69, 9.17) is 16.3 Å². The summed E-state index contributed by atoms with van der Waals surface area (Å²) in [6.07, 6.45) is 1.66. The lowest BCUT2D eigenvalue weighted by Gasteiger charge is -2.37. The molecule has 4 rings (SSSR count). The molecule has 1 heterocycles. The first-order valence-electron chi connectivity index (χ1n) is 12.6. The molecule has 0 aromatic heterocycles. The Morgan fingerprint density at radius 2 is 1.76 bits per heavy atom. The Labute approximate surface area is 227 Å². The van der Waals surface area contributed by atoms with E-state index in [0.29, 0.717) is 39.7 Å². The minimum Gasteiger partial charge on any atom is -0.463 e. The van der Waals surface area contributed by atoms with Crippen LogP contribution >= 0.6 is 11.6 Å². The van der Waals surface area contributed by atoms with Crippen LogP contribution in [0.2, 0.25) is 5.02 Å². The highest BCUT2D eigenvalue weighted by molar-refractivity contribution is 6.31. The number of carbonyl (C=O) groups excluding carboxylic acids is 3. The number of esters is 1. The van der Waals surface area contributed by atoms with Crippen molar-refractivity contribution in [3.05, 3.63) is 106 Å². The number of carbonyl (C=O) groups is 3. The Kier molecular flexibility index (Phi) is 8.81. The van der Waals surface area contributed by atoms with Crippen molar-refractivity contribution in [1.82, 2.24) is 10.2 Å². The predicted octanol–water partition coefficient (Wildman–Crippen LogP) is 6.43. The molecule has 0 aliphatic carbocycles. The number of amides is 3. The minimum absolute atomic E-state index is 0.190. The fraction of sp³-hybridized carbons (Fsp3) is 0.233. The normalized spacial score (nSPS) is 15.2. The van der Waals surface area contributed by atoms with Gasteiger partial charge in [-0.15, -0.1) is 0 Å². The van der Waals surface area contributed by atoms with Crippen LogP contribution in [0.5, 0.6) is 0 Å². The van der Waals surface area contributed by atoms with Crippen molar-refractivity contribution in [2.24, 2.45) is 0 Å². The molecule has 38 heavy (non-hydrogen) atoms. The molecule has 0 radical (unpaired) electrons. The van der Waals surface area contributed by atoms with E-state index in [1.807, 2.05) is 43.3 Å². The number of rotatable bonds is 9. The molecule has 7 nitrogen and oxygen atoms in total. The van der Waals surface area contributed by atoms with Gasteiger partial charge in [0.05, 0.1) is 23.9 Å². The molecule has 2 N–H and O–H groups in total. The maximum absolute atomic E-state index is 13.4. The molecule has 1 unspecified atom stereocenters. The molecule has 0 saturated heterocycles. The predicted molar refractivity (Wildman–Crippen MR) is 149 cm³/mol. The van der Waals surface area contributed by atoms with E-state index in [0.717, 1.165) is 18.4 Å². The van der Waals surface area contributed by atoms with Gasteiger partial charge in [-0.3, -0.25) is 9.69 Å². The number of ether oxygens (including phenoxy) is 1. The van der Waals surface area contributed by atoms with Crippen molar-refractivity contribution in [3.8, 4) is 0 Å². The Balaban J connectivity index is 1.79. The molecule has 1 atom stereocenters.